The summed E-state index contributed by atoms with van der Waals surface area (Å²) in [5, 5.41) is 4.17. The van der Waals surface area contributed by atoms with Gasteiger partial charge in [-0.3, -0.25) is 9.69 Å². The summed E-state index contributed by atoms with van der Waals surface area (Å²) in [7, 11) is 0. The maximum Gasteiger partial charge on any atom is 0.326 e. The zero-order chi connectivity index (χ0) is 24.5. The highest BCUT2D eigenvalue weighted by molar-refractivity contribution is 7.18. The number of benzene rings is 3. The summed E-state index contributed by atoms with van der Waals surface area (Å²) in [5.74, 6) is -0.157. The first kappa shape index (κ1) is 22.9. The molecule has 1 atom stereocenters. The summed E-state index contributed by atoms with van der Waals surface area (Å²) < 4.78 is 1.17. The number of hydrogen-bond donors (Lipinski definition) is 1. The van der Waals surface area contributed by atoms with E-state index in [1.165, 1.54) is 9.60 Å². The molecule has 3 amide bonds. The van der Waals surface area contributed by atoms with Crippen LogP contribution >= 0.6 is 11.3 Å². The van der Waals surface area contributed by atoms with Crippen molar-refractivity contribution < 1.29 is 9.59 Å². The number of amides is 3. The number of aromatic nitrogens is 1. The monoisotopic (exact) mass is 496 g/mol. The van der Waals surface area contributed by atoms with E-state index in [1.54, 1.807) is 11.3 Å². The van der Waals surface area contributed by atoms with Crippen LogP contribution in [0, 0.1) is 0 Å². The number of carbonyl (C=O) groups excluding carboxylic acids is 2. The number of rotatable bonds is 7. The lowest BCUT2D eigenvalue weighted by Crippen LogP contribution is -2.51. The summed E-state index contributed by atoms with van der Waals surface area (Å²) in [5.41, 5.74) is 2.05. The van der Waals surface area contributed by atoms with Crippen molar-refractivity contribution in [1.29, 1.82) is 0 Å². The van der Waals surface area contributed by atoms with E-state index in [-0.39, 0.29) is 24.6 Å². The number of nitrogens with zero attached hydrogens (tertiary/aromatic N) is 3. The first-order valence-corrected chi connectivity index (χ1v) is 13.2. The third-order valence-electron chi connectivity index (χ3n) is 7.23. The van der Waals surface area contributed by atoms with E-state index in [9.17, 15) is 9.59 Å². The Morgan fingerprint density at radius 1 is 0.889 bits per heavy atom. The van der Waals surface area contributed by atoms with Crippen molar-refractivity contribution in [3.8, 4) is 0 Å². The van der Waals surface area contributed by atoms with E-state index in [0.717, 1.165) is 41.0 Å². The number of carbonyl (C=O) groups is 2. The Bertz CT molecular complexity index is 1310. The summed E-state index contributed by atoms with van der Waals surface area (Å²) in [6.45, 7) is 1.11. The number of imide groups is 1. The highest BCUT2D eigenvalue weighted by Crippen LogP contribution is 2.37. The fourth-order valence-corrected chi connectivity index (χ4v) is 6.62. The second-order valence-corrected chi connectivity index (χ2v) is 10.8. The zero-order valence-corrected chi connectivity index (χ0v) is 20.8. The summed E-state index contributed by atoms with van der Waals surface area (Å²) in [6.07, 6.45) is 2.89. The Kier molecular flexibility index (Phi) is 6.03. The van der Waals surface area contributed by atoms with Gasteiger partial charge in [0.1, 0.15) is 10.5 Å². The van der Waals surface area contributed by atoms with Crippen molar-refractivity contribution in [2.24, 2.45) is 0 Å². The molecule has 0 spiro atoms. The molecule has 2 aliphatic rings. The van der Waals surface area contributed by atoms with Crippen molar-refractivity contribution in [2.45, 2.75) is 37.3 Å². The summed E-state index contributed by atoms with van der Waals surface area (Å²) in [6, 6.07) is 27.8. The first-order chi connectivity index (χ1) is 17.6. The first-order valence-electron chi connectivity index (χ1n) is 12.4. The van der Waals surface area contributed by atoms with Gasteiger partial charge < -0.3 is 5.32 Å². The SMILES string of the molecule is O=C1NC(Cc2ccccc2)(Cc2ccccc2)C(=O)N1CN1CCCC1c1nc2ccccc2s1. The number of fused-ring (bicyclic) bond motifs is 1. The summed E-state index contributed by atoms with van der Waals surface area (Å²) >= 11 is 1.70. The average Bonchev–Trinajstić information content (AvgIpc) is 3.59. The highest BCUT2D eigenvalue weighted by Gasteiger charge is 2.52. The van der Waals surface area contributed by atoms with Gasteiger partial charge in [-0.1, -0.05) is 72.8 Å². The molecule has 3 heterocycles. The maximum absolute atomic E-state index is 14.0. The molecule has 2 saturated heterocycles. The predicted molar refractivity (Wildman–Crippen MR) is 142 cm³/mol. The number of hydrogen-bond acceptors (Lipinski definition) is 5. The van der Waals surface area contributed by atoms with Gasteiger partial charge in [0.15, 0.2) is 0 Å². The van der Waals surface area contributed by atoms with Gasteiger partial charge in [0.05, 0.1) is 22.9 Å². The van der Waals surface area contributed by atoms with Gasteiger partial charge in [0, 0.05) is 19.4 Å². The number of urea groups is 1. The molecule has 1 unspecified atom stereocenters. The van der Waals surface area contributed by atoms with Gasteiger partial charge in [-0.15, -0.1) is 11.3 Å². The molecule has 4 aromatic rings. The van der Waals surface area contributed by atoms with Crippen LogP contribution in [0.2, 0.25) is 0 Å². The molecule has 0 aliphatic carbocycles. The molecule has 6 rings (SSSR count). The molecular weight excluding hydrogens is 468 g/mol. The standard InChI is InChI=1S/C29H28N4O2S/c34-27-29(18-21-10-3-1-4-11-21,19-22-12-5-2-6-13-22)31-28(35)33(27)20-32-17-9-15-24(32)26-30-23-14-7-8-16-25(23)36-26/h1-8,10-14,16,24H,9,15,17-20H2,(H,31,35). The molecule has 0 saturated carbocycles. The van der Waals surface area contributed by atoms with Crippen molar-refractivity contribution in [1.82, 2.24) is 20.1 Å². The van der Waals surface area contributed by atoms with Crippen LogP contribution in [0.3, 0.4) is 0 Å². The number of nitrogens with one attached hydrogen (secondary N) is 1. The average molecular weight is 497 g/mol. The van der Waals surface area contributed by atoms with Crippen LogP contribution in [-0.4, -0.2) is 45.5 Å². The van der Waals surface area contributed by atoms with Gasteiger partial charge >= 0.3 is 6.03 Å². The number of thiazole rings is 1. The molecule has 1 N–H and O–H groups in total. The molecule has 7 heteroatoms. The third-order valence-corrected chi connectivity index (χ3v) is 8.36. The minimum atomic E-state index is -1.01. The van der Waals surface area contributed by atoms with E-state index >= 15 is 0 Å². The molecule has 36 heavy (non-hydrogen) atoms. The molecule has 6 nitrogen and oxygen atoms in total. The fourth-order valence-electron chi connectivity index (χ4n) is 5.48. The smallest absolute Gasteiger partial charge is 0.322 e. The molecular formula is C29H28N4O2S. The van der Waals surface area contributed by atoms with Crippen LogP contribution in [0.15, 0.2) is 84.9 Å². The minimum absolute atomic E-state index is 0.112. The van der Waals surface area contributed by atoms with Crippen molar-refractivity contribution in [2.75, 3.05) is 13.2 Å². The topological polar surface area (TPSA) is 65.5 Å². The number of para-hydroxylation sites is 1. The quantitative estimate of drug-likeness (QED) is 0.359. The normalized spacial score (nSPS) is 19.8. The van der Waals surface area contributed by atoms with Crippen LogP contribution in [0.5, 0.6) is 0 Å². The lowest BCUT2D eigenvalue weighted by molar-refractivity contribution is -0.133. The van der Waals surface area contributed by atoms with Gasteiger partial charge in [0.25, 0.3) is 5.91 Å². The second kappa shape index (κ2) is 9.48. The van der Waals surface area contributed by atoms with Crippen LogP contribution in [0.25, 0.3) is 10.2 Å². The van der Waals surface area contributed by atoms with Crippen LogP contribution in [0.4, 0.5) is 4.79 Å². The fraction of sp³-hybridized carbons (Fsp3) is 0.276. The Labute approximate surface area is 214 Å². The Balaban J connectivity index is 1.27. The van der Waals surface area contributed by atoms with E-state index in [4.69, 9.17) is 4.98 Å². The lowest BCUT2D eigenvalue weighted by atomic mass is 9.84. The minimum Gasteiger partial charge on any atom is -0.322 e. The molecule has 2 fully saturated rings. The Morgan fingerprint density at radius 3 is 2.19 bits per heavy atom. The van der Waals surface area contributed by atoms with Crippen molar-refractivity contribution in [3.63, 3.8) is 0 Å². The van der Waals surface area contributed by atoms with Gasteiger partial charge in [-0.25, -0.2) is 14.7 Å². The van der Waals surface area contributed by atoms with Gasteiger partial charge in [-0.2, -0.15) is 0 Å². The van der Waals surface area contributed by atoms with E-state index in [2.05, 4.69) is 16.3 Å². The largest absolute Gasteiger partial charge is 0.326 e. The Morgan fingerprint density at radius 2 is 1.53 bits per heavy atom. The molecule has 1 aromatic heterocycles. The van der Waals surface area contributed by atoms with Gasteiger partial charge in [0.2, 0.25) is 0 Å². The van der Waals surface area contributed by atoms with Crippen molar-refractivity contribution in [3.05, 3.63) is 101 Å². The Hall–Kier alpha value is -3.55. The molecule has 182 valence electrons. The summed E-state index contributed by atoms with van der Waals surface area (Å²) in [4.78, 5) is 35.8. The molecule has 2 aliphatic heterocycles. The van der Waals surface area contributed by atoms with Crippen molar-refractivity contribution >= 4 is 33.5 Å². The predicted octanol–water partition coefficient (Wildman–Crippen LogP) is 5.17. The lowest BCUT2D eigenvalue weighted by Gasteiger charge is -2.29. The number of likely N-dealkylation sites (tertiary alicyclic amines) is 1. The molecule has 0 radical (unpaired) electrons. The van der Waals surface area contributed by atoms with E-state index in [0.29, 0.717) is 12.8 Å². The van der Waals surface area contributed by atoms with Crippen LogP contribution in [0.1, 0.15) is 35.0 Å². The highest BCUT2D eigenvalue weighted by atomic mass is 32.1. The van der Waals surface area contributed by atoms with E-state index < -0.39 is 5.54 Å². The van der Waals surface area contributed by atoms with E-state index in [1.807, 2.05) is 78.9 Å². The second-order valence-electron chi connectivity index (χ2n) is 9.70. The zero-order valence-electron chi connectivity index (χ0n) is 20.0. The third kappa shape index (κ3) is 4.29. The maximum atomic E-state index is 14.0. The van der Waals surface area contributed by atoms with Gasteiger partial charge in [-0.05, 0) is 36.1 Å². The molecule has 0 bridgehead atoms. The van der Waals surface area contributed by atoms with Crippen LogP contribution < -0.4 is 5.32 Å². The molecule has 3 aromatic carbocycles. The van der Waals surface area contributed by atoms with Crippen LogP contribution in [-0.2, 0) is 17.6 Å².